The predicted octanol–water partition coefficient (Wildman–Crippen LogP) is 2.49. The van der Waals surface area contributed by atoms with Gasteiger partial charge in [0.1, 0.15) is 0 Å². The fourth-order valence-electron chi connectivity index (χ4n) is 4.51. The van der Waals surface area contributed by atoms with Crippen LogP contribution in [-0.4, -0.2) is 80.3 Å². The van der Waals surface area contributed by atoms with Gasteiger partial charge in [-0.05, 0) is 45.0 Å². The predicted molar refractivity (Wildman–Crippen MR) is 120 cm³/mol. The molecule has 6 nitrogen and oxygen atoms in total. The molecular weight excluding hydrogens is 362 g/mol. The summed E-state index contributed by atoms with van der Waals surface area (Å²) in [4.78, 5) is 10.0. The third-order valence-corrected chi connectivity index (χ3v) is 6.16. The van der Waals surface area contributed by atoms with Crippen molar-refractivity contribution in [2.75, 3.05) is 52.4 Å². The van der Waals surface area contributed by atoms with Crippen molar-refractivity contribution in [3.05, 3.63) is 35.9 Å². The summed E-state index contributed by atoms with van der Waals surface area (Å²) in [7, 11) is 0. The van der Waals surface area contributed by atoms with Crippen LogP contribution in [0.25, 0.3) is 0 Å². The number of rotatable bonds is 9. The SMILES string of the molecule is CCNC(=NCC(c1ccccc1)N(CC)CC)NCC1CN2CCCC2CO1. The summed E-state index contributed by atoms with van der Waals surface area (Å²) in [6.07, 6.45) is 2.84. The van der Waals surface area contributed by atoms with Gasteiger partial charge in [-0.2, -0.15) is 0 Å². The van der Waals surface area contributed by atoms with Gasteiger partial charge in [-0.3, -0.25) is 14.8 Å². The van der Waals surface area contributed by atoms with Crippen molar-refractivity contribution < 1.29 is 4.74 Å². The molecule has 0 amide bonds. The van der Waals surface area contributed by atoms with E-state index in [1.165, 1.54) is 24.9 Å². The van der Waals surface area contributed by atoms with Gasteiger partial charge in [0.15, 0.2) is 5.96 Å². The van der Waals surface area contributed by atoms with Gasteiger partial charge in [0.2, 0.25) is 0 Å². The lowest BCUT2D eigenvalue weighted by Crippen LogP contribution is -2.51. The fourth-order valence-corrected chi connectivity index (χ4v) is 4.51. The second-order valence-corrected chi connectivity index (χ2v) is 7.99. The van der Waals surface area contributed by atoms with E-state index >= 15 is 0 Å². The molecule has 2 heterocycles. The maximum Gasteiger partial charge on any atom is 0.191 e. The van der Waals surface area contributed by atoms with Crippen molar-refractivity contribution >= 4 is 5.96 Å². The first kappa shape index (κ1) is 22.1. The largest absolute Gasteiger partial charge is 0.373 e. The summed E-state index contributed by atoms with van der Waals surface area (Å²) in [5.41, 5.74) is 1.33. The van der Waals surface area contributed by atoms with Crippen molar-refractivity contribution in [3.8, 4) is 0 Å². The second-order valence-electron chi connectivity index (χ2n) is 7.99. The first-order valence-electron chi connectivity index (χ1n) is 11.4. The Morgan fingerprint density at radius 3 is 2.72 bits per heavy atom. The number of ether oxygens (including phenoxy) is 1. The van der Waals surface area contributed by atoms with Crippen LogP contribution in [-0.2, 0) is 4.74 Å². The van der Waals surface area contributed by atoms with Gasteiger partial charge in [0.25, 0.3) is 0 Å². The smallest absolute Gasteiger partial charge is 0.191 e. The van der Waals surface area contributed by atoms with E-state index in [-0.39, 0.29) is 12.1 Å². The summed E-state index contributed by atoms with van der Waals surface area (Å²) in [5, 5.41) is 6.92. The first-order valence-corrected chi connectivity index (χ1v) is 11.4. The number of benzene rings is 1. The monoisotopic (exact) mass is 401 g/mol. The average Bonchev–Trinajstić information content (AvgIpc) is 3.23. The Bertz CT molecular complexity index is 619. The van der Waals surface area contributed by atoms with Crippen LogP contribution in [0.2, 0.25) is 0 Å². The molecule has 0 spiro atoms. The highest BCUT2D eigenvalue weighted by Crippen LogP contribution is 2.22. The Kier molecular flexibility index (Phi) is 8.77. The molecule has 2 saturated heterocycles. The standard InChI is InChI=1S/C23H39N5O/c1-4-24-23(25-15-21-17-28-14-10-13-20(28)18-29-21)26-16-22(27(5-2)6-3)19-11-8-7-9-12-19/h7-9,11-12,20-22H,4-6,10,13-18H2,1-3H3,(H2,24,25,26). The average molecular weight is 402 g/mol. The number of nitrogens with zero attached hydrogens (tertiary/aromatic N) is 3. The lowest BCUT2D eigenvalue weighted by Gasteiger charge is -2.35. The van der Waals surface area contributed by atoms with E-state index in [0.717, 1.165) is 51.8 Å². The molecule has 2 aliphatic heterocycles. The maximum absolute atomic E-state index is 6.09. The second kappa shape index (κ2) is 11.5. The van der Waals surface area contributed by atoms with Crippen LogP contribution in [0.5, 0.6) is 0 Å². The van der Waals surface area contributed by atoms with E-state index in [4.69, 9.17) is 9.73 Å². The van der Waals surface area contributed by atoms with Crippen molar-refractivity contribution in [3.63, 3.8) is 0 Å². The molecule has 2 N–H and O–H groups in total. The van der Waals surface area contributed by atoms with Gasteiger partial charge in [0.05, 0.1) is 25.3 Å². The molecule has 0 aromatic heterocycles. The molecule has 0 radical (unpaired) electrons. The minimum absolute atomic E-state index is 0.237. The fraction of sp³-hybridized carbons (Fsp3) is 0.696. The van der Waals surface area contributed by atoms with E-state index in [0.29, 0.717) is 6.04 Å². The van der Waals surface area contributed by atoms with Gasteiger partial charge in [-0.1, -0.05) is 44.2 Å². The van der Waals surface area contributed by atoms with Gasteiger partial charge in [-0.15, -0.1) is 0 Å². The molecule has 1 aromatic rings. The first-order chi connectivity index (χ1) is 14.2. The van der Waals surface area contributed by atoms with Gasteiger partial charge in [-0.25, -0.2) is 0 Å². The van der Waals surface area contributed by atoms with Gasteiger partial charge >= 0.3 is 0 Å². The number of morpholine rings is 1. The zero-order valence-corrected chi connectivity index (χ0v) is 18.4. The van der Waals surface area contributed by atoms with Crippen LogP contribution in [0, 0.1) is 0 Å². The van der Waals surface area contributed by atoms with Crippen molar-refractivity contribution in [1.29, 1.82) is 0 Å². The van der Waals surface area contributed by atoms with E-state index in [9.17, 15) is 0 Å². The molecule has 0 bridgehead atoms. The quantitative estimate of drug-likeness (QED) is 0.492. The molecular formula is C23H39N5O. The topological polar surface area (TPSA) is 52.1 Å². The molecule has 162 valence electrons. The molecule has 3 rings (SSSR count). The Morgan fingerprint density at radius 1 is 1.21 bits per heavy atom. The molecule has 29 heavy (non-hydrogen) atoms. The summed E-state index contributed by atoms with van der Waals surface area (Å²) in [6, 6.07) is 11.7. The van der Waals surface area contributed by atoms with Gasteiger partial charge in [0, 0.05) is 25.7 Å². The Hall–Kier alpha value is -1.63. The maximum atomic E-state index is 6.09. The van der Waals surface area contributed by atoms with E-state index in [1.54, 1.807) is 0 Å². The number of hydrogen-bond acceptors (Lipinski definition) is 4. The summed E-state index contributed by atoms with van der Waals surface area (Å²) >= 11 is 0. The van der Waals surface area contributed by atoms with E-state index < -0.39 is 0 Å². The number of aliphatic imine (C=N–C) groups is 1. The minimum atomic E-state index is 0.237. The number of hydrogen-bond donors (Lipinski definition) is 2. The summed E-state index contributed by atoms with van der Waals surface area (Å²) < 4.78 is 6.09. The lowest BCUT2D eigenvalue weighted by molar-refractivity contribution is -0.0453. The number of likely N-dealkylation sites (N-methyl/N-ethyl adjacent to an activating group) is 1. The normalized spacial score (nSPS) is 23.8. The molecule has 0 aliphatic carbocycles. The van der Waals surface area contributed by atoms with E-state index in [2.05, 4.69) is 71.5 Å². The highest BCUT2D eigenvalue weighted by Gasteiger charge is 2.32. The summed E-state index contributed by atoms with van der Waals surface area (Å²) in [5.74, 6) is 0.882. The minimum Gasteiger partial charge on any atom is -0.373 e. The molecule has 1 aromatic carbocycles. The number of nitrogens with one attached hydrogen (secondary N) is 2. The molecule has 0 saturated carbocycles. The highest BCUT2D eigenvalue weighted by molar-refractivity contribution is 5.79. The molecule has 6 heteroatoms. The number of fused-ring (bicyclic) bond motifs is 1. The molecule has 2 fully saturated rings. The van der Waals surface area contributed by atoms with Crippen LogP contribution in [0.15, 0.2) is 35.3 Å². The molecule has 3 unspecified atom stereocenters. The molecule has 2 aliphatic rings. The Balaban J connectivity index is 1.60. The zero-order chi connectivity index (χ0) is 20.5. The Labute approximate surface area is 176 Å². The zero-order valence-electron chi connectivity index (χ0n) is 18.4. The van der Waals surface area contributed by atoms with Crippen LogP contribution >= 0.6 is 0 Å². The van der Waals surface area contributed by atoms with E-state index in [1.807, 2.05) is 0 Å². The Morgan fingerprint density at radius 2 is 2.00 bits per heavy atom. The third-order valence-electron chi connectivity index (χ3n) is 6.16. The van der Waals surface area contributed by atoms with Crippen molar-refractivity contribution in [2.24, 2.45) is 4.99 Å². The van der Waals surface area contributed by atoms with Crippen LogP contribution in [0.4, 0.5) is 0 Å². The van der Waals surface area contributed by atoms with Crippen LogP contribution in [0.3, 0.4) is 0 Å². The van der Waals surface area contributed by atoms with Crippen LogP contribution < -0.4 is 10.6 Å². The third kappa shape index (κ3) is 6.17. The summed E-state index contributed by atoms with van der Waals surface area (Å²) in [6.45, 7) is 14.1. The van der Waals surface area contributed by atoms with Crippen molar-refractivity contribution in [2.45, 2.75) is 51.8 Å². The lowest BCUT2D eigenvalue weighted by atomic mass is 10.1. The molecule has 3 atom stereocenters. The number of guanidine groups is 1. The van der Waals surface area contributed by atoms with Crippen molar-refractivity contribution in [1.82, 2.24) is 20.4 Å². The highest BCUT2D eigenvalue weighted by atomic mass is 16.5. The van der Waals surface area contributed by atoms with Gasteiger partial charge < -0.3 is 15.4 Å². The van der Waals surface area contributed by atoms with Crippen LogP contribution in [0.1, 0.15) is 45.2 Å².